The number of guanidine groups is 1. The molecule has 1 rings (SSSR count). The lowest BCUT2D eigenvalue weighted by Gasteiger charge is -2.25. The number of amides is 5. The summed E-state index contributed by atoms with van der Waals surface area (Å²) < 4.78 is 0. The van der Waals surface area contributed by atoms with Crippen LogP contribution in [0.4, 0.5) is 0 Å². The van der Waals surface area contributed by atoms with Gasteiger partial charge in [0.2, 0.25) is 29.5 Å². The average Bonchev–Trinajstić information content (AvgIpc) is 3.49. The first kappa shape index (κ1) is 39.3. The first-order valence-corrected chi connectivity index (χ1v) is 15.2. The molecule has 0 fully saturated rings. The first-order chi connectivity index (χ1) is 21.8. The maximum absolute atomic E-state index is 13.5. The van der Waals surface area contributed by atoms with Gasteiger partial charge in [-0.15, -0.1) is 0 Å². The van der Waals surface area contributed by atoms with E-state index in [-0.39, 0.29) is 50.0 Å². The number of carbonyl (C=O) groups excluding carboxylic acids is 5. The SMILES string of the molecule is CC(=O)NCCCC[C@H](NC(=O)[C@H](CCCCNC(C)=O)NC(=O)[C@H](Cc1cnc[nH]1)NC(=O)[C@@H](N)CCCN=C(N)N)C(=O)O. The number of imidazole rings is 1. The summed E-state index contributed by atoms with van der Waals surface area (Å²) in [7, 11) is 0. The van der Waals surface area contributed by atoms with Gasteiger partial charge in [0.05, 0.1) is 12.4 Å². The Morgan fingerprint density at radius 2 is 1.35 bits per heavy atom. The zero-order chi connectivity index (χ0) is 34.5. The number of rotatable bonds is 23. The van der Waals surface area contributed by atoms with Gasteiger partial charge in [0.1, 0.15) is 18.1 Å². The zero-order valence-electron chi connectivity index (χ0n) is 26.5. The lowest BCUT2D eigenvalue weighted by Crippen LogP contribution is -2.57. The Labute approximate surface area is 267 Å². The molecule has 18 heteroatoms. The number of aromatic amines is 1. The molecule has 0 saturated heterocycles. The number of nitrogens with one attached hydrogen (secondary N) is 6. The first-order valence-electron chi connectivity index (χ1n) is 15.2. The fourth-order valence-electron chi connectivity index (χ4n) is 4.30. The van der Waals surface area contributed by atoms with Crippen molar-refractivity contribution in [2.45, 2.75) is 95.8 Å². The quantitative estimate of drug-likeness (QED) is 0.0335. The molecule has 0 unspecified atom stereocenters. The minimum atomic E-state index is -1.25. The highest BCUT2D eigenvalue weighted by atomic mass is 16.4. The molecule has 46 heavy (non-hydrogen) atoms. The second-order valence-corrected chi connectivity index (χ2v) is 10.8. The van der Waals surface area contributed by atoms with Gasteiger partial charge in [0.25, 0.3) is 0 Å². The Morgan fingerprint density at radius 3 is 1.87 bits per heavy atom. The second kappa shape index (κ2) is 21.9. The number of hydrogen-bond acceptors (Lipinski definition) is 9. The predicted molar refractivity (Wildman–Crippen MR) is 169 cm³/mol. The van der Waals surface area contributed by atoms with Crippen molar-refractivity contribution in [2.75, 3.05) is 19.6 Å². The molecular weight excluding hydrogens is 602 g/mol. The molecule has 5 amide bonds. The van der Waals surface area contributed by atoms with Crippen LogP contribution in [-0.4, -0.2) is 100 Å². The average molecular weight is 652 g/mol. The number of nitrogens with zero attached hydrogens (tertiary/aromatic N) is 2. The number of aromatic nitrogens is 2. The number of carboxylic acids is 1. The molecule has 1 aromatic rings. The smallest absolute Gasteiger partial charge is 0.326 e. The lowest BCUT2D eigenvalue weighted by molar-refractivity contribution is -0.142. The third-order valence-corrected chi connectivity index (χ3v) is 6.75. The highest BCUT2D eigenvalue weighted by molar-refractivity contribution is 5.94. The van der Waals surface area contributed by atoms with Gasteiger partial charge in [0, 0.05) is 51.8 Å². The molecule has 1 aromatic heterocycles. The number of aliphatic imine (C=N–C) groups is 1. The molecule has 0 aliphatic rings. The summed E-state index contributed by atoms with van der Waals surface area (Å²) in [6.07, 6.45) is 5.60. The van der Waals surface area contributed by atoms with Gasteiger partial charge in [-0.2, -0.15) is 0 Å². The van der Waals surface area contributed by atoms with Crippen LogP contribution in [0.5, 0.6) is 0 Å². The van der Waals surface area contributed by atoms with Crippen molar-refractivity contribution in [2.24, 2.45) is 22.2 Å². The molecule has 0 aliphatic heterocycles. The Kier molecular flexibility index (Phi) is 18.7. The van der Waals surface area contributed by atoms with Crippen LogP contribution < -0.4 is 43.8 Å². The van der Waals surface area contributed by atoms with E-state index in [0.29, 0.717) is 50.9 Å². The summed E-state index contributed by atoms with van der Waals surface area (Å²) in [5, 5.41) is 22.8. The van der Waals surface area contributed by atoms with Gasteiger partial charge in [-0.25, -0.2) is 9.78 Å². The van der Waals surface area contributed by atoms with Crippen LogP contribution in [0.2, 0.25) is 0 Å². The van der Waals surface area contributed by atoms with E-state index in [0.717, 1.165) is 0 Å². The van der Waals surface area contributed by atoms with Crippen molar-refractivity contribution in [3.05, 3.63) is 18.2 Å². The van der Waals surface area contributed by atoms with E-state index in [2.05, 4.69) is 41.5 Å². The van der Waals surface area contributed by atoms with Crippen molar-refractivity contribution in [1.29, 1.82) is 0 Å². The molecule has 0 aromatic carbocycles. The van der Waals surface area contributed by atoms with Crippen molar-refractivity contribution in [3.8, 4) is 0 Å². The maximum Gasteiger partial charge on any atom is 0.326 e. The summed E-state index contributed by atoms with van der Waals surface area (Å²) >= 11 is 0. The van der Waals surface area contributed by atoms with Gasteiger partial charge in [-0.3, -0.25) is 29.0 Å². The monoisotopic (exact) mass is 651 g/mol. The fraction of sp³-hybridized carbons (Fsp3) is 0.643. The highest BCUT2D eigenvalue weighted by Crippen LogP contribution is 2.08. The summed E-state index contributed by atoms with van der Waals surface area (Å²) in [5.41, 5.74) is 17.2. The zero-order valence-corrected chi connectivity index (χ0v) is 26.5. The van der Waals surface area contributed by atoms with E-state index in [4.69, 9.17) is 17.2 Å². The normalized spacial score (nSPS) is 13.3. The second-order valence-electron chi connectivity index (χ2n) is 10.8. The third-order valence-electron chi connectivity index (χ3n) is 6.75. The van der Waals surface area contributed by atoms with Crippen molar-refractivity contribution >= 4 is 41.5 Å². The molecule has 0 saturated carbocycles. The standard InChI is InChI=1S/C28H49N11O7/c1-17(40)33-11-5-3-9-21(25(43)38-22(27(45)46)10-4-6-12-34-18(2)41)37-26(44)23(14-19-15-32-16-36-19)39-24(42)20(29)8-7-13-35-28(30)31/h15-16,20-23H,3-14,29H2,1-2H3,(H,32,36)(H,33,40)(H,34,41)(H,37,44)(H,38,43)(H,39,42)(H,45,46)(H4,30,31,35)/t20-,21-,22-,23-/m0/s1. The minimum Gasteiger partial charge on any atom is -0.480 e. The maximum atomic E-state index is 13.5. The van der Waals surface area contributed by atoms with Crippen molar-refractivity contribution in [1.82, 2.24) is 36.6 Å². The molecule has 1 heterocycles. The molecule has 258 valence electrons. The van der Waals surface area contributed by atoms with Gasteiger partial charge in [-0.1, -0.05) is 0 Å². The van der Waals surface area contributed by atoms with Crippen LogP contribution in [0.25, 0.3) is 0 Å². The van der Waals surface area contributed by atoms with Crippen molar-refractivity contribution < 1.29 is 33.9 Å². The number of carbonyl (C=O) groups is 6. The number of aliphatic carboxylic acids is 1. The van der Waals surface area contributed by atoms with Crippen LogP contribution in [0.3, 0.4) is 0 Å². The Morgan fingerprint density at radius 1 is 0.804 bits per heavy atom. The van der Waals surface area contributed by atoms with E-state index in [1.807, 2.05) is 0 Å². The molecule has 4 atom stereocenters. The van der Waals surface area contributed by atoms with Crippen LogP contribution in [-0.2, 0) is 35.2 Å². The predicted octanol–water partition coefficient (Wildman–Crippen LogP) is -2.52. The topological polar surface area (TPSA) is 302 Å². The summed E-state index contributed by atoms with van der Waals surface area (Å²) in [6.45, 7) is 3.74. The van der Waals surface area contributed by atoms with E-state index >= 15 is 0 Å². The minimum absolute atomic E-state index is 0.00120. The number of nitrogens with two attached hydrogens (primary N) is 3. The fourth-order valence-corrected chi connectivity index (χ4v) is 4.30. The number of unbranched alkanes of at least 4 members (excludes halogenated alkanes) is 2. The number of H-pyrrole nitrogens is 1. The largest absolute Gasteiger partial charge is 0.480 e. The summed E-state index contributed by atoms with van der Waals surface area (Å²) in [6, 6.07) is -4.52. The molecule has 0 aliphatic carbocycles. The van der Waals surface area contributed by atoms with Gasteiger partial charge >= 0.3 is 5.97 Å². The molecule has 0 spiro atoms. The van der Waals surface area contributed by atoms with Crippen LogP contribution in [0.1, 0.15) is 70.9 Å². The molecular formula is C28H49N11O7. The van der Waals surface area contributed by atoms with Gasteiger partial charge in [-0.05, 0) is 51.4 Å². The van der Waals surface area contributed by atoms with E-state index < -0.39 is 47.9 Å². The van der Waals surface area contributed by atoms with Crippen LogP contribution >= 0.6 is 0 Å². The third kappa shape index (κ3) is 17.5. The van der Waals surface area contributed by atoms with E-state index in [1.165, 1.54) is 26.4 Å². The van der Waals surface area contributed by atoms with E-state index in [9.17, 15) is 33.9 Å². The van der Waals surface area contributed by atoms with Gasteiger partial charge in [0.15, 0.2) is 5.96 Å². The van der Waals surface area contributed by atoms with E-state index in [1.54, 1.807) is 0 Å². The Balaban J connectivity index is 3.02. The highest BCUT2D eigenvalue weighted by Gasteiger charge is 2.30. The molecule has 13 N–H and O–H groups in total. The number of hydrogen-bond donors (Lipinski definition) is 10. The molecule has 0 radical (unpaired) electrons. The lowest BCUT2D eigenvalue weighted by atomic mass is 10.0. The molecule has 0 bridgehead atoms. The summed E-state index contributed by atoms with van der Waals surface area (Å²) in [5.74, 6) is -3.76. The Hall–Kier alpha value is -4.74. The molecule has 18 nitrogen and oxygen atoms in total. The number of carboxylic acid groups (broad SMARTS) is 1. The Bertz CT molecular complexity index is 1160. The van der Waals surface area contributed by atoms with Crippen molar-refractivity contribution in [3.63, 3.8) is 0 Å². The summed E-state index contributed by atoms with van der Waals surface area (Å²) in [4.78, 5) is 84.6. The van der Waals surface area contributed by atoms with Crippen LogP contribution in [0.15, 0.2) is 17.5 Å². The van der Waals surface area contributed by atoms with Gasteiger partial charge < -0.3 is 53.9 Å². The van der Waals surface area contributed by atoms with Crippen LogP contribution in [0, 0.1) is 0 Å².